The first-order valence-corrected chi connectivity index (χ1v) is 7.34. The Morgan fingerprint density at radius 2 is 2.14 bits per heavy atom. The molecule has 1 saturated heterocycles. The second-order valence-corrected chi connectivity index (χ2v) is 5.43. The molecule has 5 nitrogen and oxygen atoms in total. The molecule has 0 unspecified atom stereocenters. The number of methoxy groups -OCH3 is 1. The van der Waals surface area contributed by atoms with Crippen molar-refractivity contribution in [2.75, 3.05) is 26.8 Å². The Morgan fingerprint density at radius 1 is 1.36 bits per heavy atom. The summed E-state index contributed by atoms with van der Waals surface area (Å²) in [6.07, 6.45) is 0.698. The summed E-state index contributed by atoms with van der Waals surface area (Å²) in [7, 11) is 1.60. The highest BCUT2D eigenvalue weighted by molar-refractivity contribution is 5.94. The van der Waals surface area contributed by atoms with Crippen LogP contribution < -0.4 is 0 Å². The molecule has 6 heteroatoms. The van der Waals surface area contributed by atoms with Crippen LogP contribution in [0.5, 0.6) is 0 Å². The molecule has 0 bridgehead atoms. The van der Waals surface area contributed by atoms with E-state index in [-0.39, 0.29) is 30.7 Å². The second-order valence-electron chi connectivity index (χ2n) is 5.43. The Bertz CT molecular complexity index is 550. The van der Waals surface area contributed by atoms with Gasteiger partial charge in [-0.15, -0.1) is 0 Å². The molecule has 0 radical (unpaired) electrons. The van der Waals surface area contributed by atoms with Gasteiger partial charge in [-0.05, 0) is 31.0 Å². The molecule has 0 N–H and O–H groups in total. The third-order valence-electron chi connectivity index (χ3n) is 3.79. The van der Waals surface area contributed by atoms with Crippen molar-refractivity contribution in [3.8, 4) is 0 Å². The Morgan fingerprint density at radius 3 is 2.82 bits per heavy atom. The quantitative estimate of drug-likeness (QED) is 0.747. The monoisotopic (exact) mass is 308 g/mol. The number of amides is 2. The highest BCUT2D eigenvalue weighted by Gasteiger charge is 2.35. The van der Waals surface area contributed by atoms with Crippen molar-refractivity contribution in [1.29, 1.82) is 0 Å². The maximum atomic E-state index is 13.2. The molecule has 1 heterocycles. The van der Waals surface area contributed by atoms with E-state index in [1.165, 1.54) is 17.0 Å². The third-order valence-corrected chi connectivity index (χ3v) is 3.79. The lowest BCUT2D eigenvalue weighted by Gasteiger charge is -2.38. The van der Waals surface area contributed by atoms with E-state index >= 15 is 0 Å². The highest BCUT2D eigenvalue weighted by Crippen LogP contribution is 2.16. The number of piperazine rings is 1. The molecule has 0 spiro atoms. The lowest BCUT2D eigenvalue weighted by molar-refractivity contribution is -0.155. The molecule has 2 rings (SSSR count). The molecule has 0 aliphatic carbocycles. The first-order valence-electron chi connectivity index (χ1n) is 7.34. The number of carbonyl (C=O) groups is 2. The molecule has 22 heavy (non-hydrogen) atoms. The Labute approximate surface area is 129 Å². The highest BCUT2D eigenvalue weighted by atomic mass is 19.1. The lowest BCUT2D eigenvalue weighted by Crippen LogP contribution is -2.58. The number of rotatable bonds is 6. The zero-order valence-electron chi connectivity index (χ0n) is 12.9. The van der Waals surface area contributed by atoms with Crippen molar-refractivity contribution in [2.45, 2.75) is 25.9 Å². The summed E-state index contributed by atoms with van der Waals surface area (Å²) in [5.41, 5.74) is 0.682. The fourth-order valence-electron chi connectivity index (χ4n) is 2.63. The normalized spacial score (nSPS) is 19.0. The van der Waals surface area contributed by atoms with Gasteiger partial charge in [0.05, 0.1) is 0 Å². The van der Waals surface area contributed by atoms with Crippen molar-refractivity contribution >= 4 is 11.8 Å². The molecule has 0 saturated carbocycles. The van der Waals surface area contributed by atoms with Gasteiger partial charge in [0.25, 0.3) is 0 Å². The third kappa shape index (κ3) is 3.82. The number of nitrogens with zero attached hydrogens (tertiary/aromatic N) is 2. The summed E-state index contributed by atoms with van der Waals surface area (Å²) in [6.45, 7) is 3.07. The van der Waals surface area contributed by atoms with Crippen molar-refractivity contribution < 1.29 is 18.7 Å². The van der Waals surface area contributed by atoms with E-state index in [1.807, 2.05) is 0 Å². The van der Waals surface area contributed by atoms with Crippen molar-refractivity contribution in [2.24, 2.45) is 0 Å². The summed E-state index contributed by atoms with van der Waals surface area (Å²) < 4.78 is 18.2. The SMILES string of the molecule is COCCCN1C(=O)CN(Cc2cccc(F)c2)C(=O)[C@@H]1C. The van der Waals surface area contributed by atoms with Gasteiger partial charge in [-0.25, -0.2) is 4.39 Å². The molecule has 1 aromatic carbocycles. The average molecular weight is 308 g/mol. The van der Waals surface area contributed by atoms with E-state index in [0.717, 1.165) is 0 Å². The molecule has 0 aromatic heterocycles. The number of hydrogen-bond acceptors (Lipinski definition) is 3. The first-order chi connectivity index (χ1) is 10.5. The van der Waals surface area contributed by atoms with Gasteiger partial charge < -0.3 is 14.5 Å². The summed E-state index contributed by atoms with van der Waals surface area (Å²) in [6, 6.07) is 5.59. The van der Waals surface area contributed by atoms with Crippen LogP contribution in [-0.4, -0.2) is 54.5 Å². The van der Waals surface area contributed by atoms with Crippen LogP contribution in [0.15, 0.2) is 24.3 Å². The number of carbonyl (C=O) groups excluding carboxylic acids is 2. The fourth-order valence-corrected chi connectivity index (χ4v) is 2.63. The van der Waals surface area contributed by atoms with Crippen molar-refractivity contribution in [1.82, 2.24) is 9.80 Å². The van der Waals surface area contributed by atoms with Gasteiger partial charge in [-0.3, -0.25) is 9.59 Å². The van der Waals surface area contributed by atoms with E-state index in [0.29, 0.717) is 25.1 Å². The summed E-state index contributed by atoms with van der Waals surface area (Å²) in [5, 5.41) is 0. The zero-order chi connectivity index (χ0) is 16.1. The Kier molecular flexibility index (Phi) is 5.49. The second kappa shape index (κ2) is 7.35. The largest absolute Gasteiger partial charge is 0.385 e. The lowest BCUT2D eigenvalue weighted by atomic mass is 10.1. The van der Waals surface area contributed by atoms with Crippen LogP contribution in [0, 0.1) is 5.82 Å². The standard InChI is InChI=1S/C16H21FN2O3/c1-12-16(21)18(10-13-5-3-6-14(17)9-13)11-15(20)19(12)7-4-8-22-2/h3,5-6,9,12H,4,7-8,10-11H2,1-2H3/t12-/m0/s1. The van der Waals surface area contributed by atoms with Crippen LogP contribution in [0.1, 0.15) is 18.9 Å². The molecular formula is C16H21FN2O3. The molecule has 120 valence electrons. The number of halogens is 1. The predicted molar refractivity (Wildman–Crippen MR) is 79.5 cm³/mol. The van der Waals surface area contributed by atoms with Crippen molar-refractivity contribution in [3.63, 3.8) is 0 Å². The van der Waals surface area contributed by atoms with E-state index in [4.69, 9.17) is 4.74 Å². The Hall–Kier alpha value is -1.95. The summed E-state index contributed by atoms with van der Waals surface area (Å²) >= 11 is 0. The van der Waals surface area contributed by atoms with Gasteiger partial charge in [0.1, 0.15) is 18.4 Å². The van der Waals surface area contributed by atoms with Gasteiger partial charge >= 0.3 is 0 Å². The predicted octanol–water partition coefficient (Wildman–Crippen LogP) is 1.42. The van der Waals surface area contributed by atoms with Crippen LogP contribution in [0.4, 0.5) is 4.39 Å². The molecule has 1 atom stereocenters. The van der Waals surface area contributed by atoms with Crippen LogP contribution in [0.3, 0.4) is 0 Å². The minimum Gasteiger partial charge on any atom is -0.385 e. The van der Waals surface area contributed by atoms with Gasteiger partial charge in [-0.1, -0.05) is 12.1 Å². The smallest absolute Gasteiger partial charge is 0.245 e. The van der Waals surface area contributed by atoms with E-state index in [9.17, 15) is 14.0 Å². The average Bonchev–Trinajstić information content (AvgIpc) is 2.48. The van der Waals surface area contributed by atoms with Gasteiger partial charge in [0.2, 0.25) is 11.8 Å². The zero-order valence-corrected chi connectivity index (χ0v) is 12.9. The first kappa shape index (κ1) is 16.4. The molecule has 1 aliphatic rings. The Balaban J connectivity index is 2.01. The van der Waals surface area contributed by atoms with E-state index in [1.54, 1.807) is 31.1 Å². The topological polar surface area (TPSA) is 49.9 Å². The van der Waals surface area contributed by atoms with Gasteiger partial charge in [0.15, 0.2) is 0 Å². The van der Waals surface area contributed by atoms with Crippen LogP contribution >= 0.6 is 0 Å². The molecule has 2 amide bonds. The fraction of sp³-hybridized carbons (Fsp3) is 0.500. The van der Waals surface area contributed by atoms with Gasteiger partial charge in [0, 0.05) is 26.8 Å². The summed E-state index contributed by atoms with van der Waals surface area (Å²) in [5.74, 6) is -0.539. The maximum Gasteiger partial charge on any atom is 0.245 e. The molecule has 1 aliphatic heterocycles. The maximum absolute atomic E-state index is 13.2. The van der Waals surface area contributed by atoms with E-state index in [2.05, 4.69) is 0 Å². The van der Waals surface area contributed by atoms with Crippen LogP contribution in [0.2, 0.25) is 0 Å². The van der Waals surface area contributed by atoms with Crippen molar-refractivity contribution in [3.05, 3.63) is 35.6 Å². The van der Waals surface area contributed by atoms with E-state index < -0.39 is 6.04 Å². The number of benzene rings is 1. The van der Waals surface area contributed by atoms with Crippen LogP contribution in [0.25, 0.3) is 0 Å². The molecule has 1 aromatic rings. The number of ether oxygens (including phenoxy) is 1. The number of hydrogen-bond donors (Lipinski definition) is 0. The summed E-state index contributed by atoms with van der Waals surface area (Å²) in [4.78, 5) is 27.7. The molecular weight excluding hydrogens is 287 g/mol. The molecule has 1 fully saturated rings. The minimum absolute atomic E-state index is 0.0344. The van der Waals surface area contributed by atoms with Gasteiger partial charge in [-0.2, -0.15) is 0 Å². The van der Waals surface area contributed by atoms with Crippen LogP contribution in [-0.2, 0) is 20.9 Å². The minimum atomic E-state index is -0.494.